The molecule has 0 saturated carbocycles. The van der Waals surface area contributed by atoms with E-state index in [9.17, 15) is 4.79 Å². The topological polar surface area (TPSA) is 29.5 Å². The zero-order chi connectivity index (χ0) is 14.8. The highest BCUT2D eigenvalue weighted by atomic mass is 28.4. The van der Waals surface area contributed by atoms with Gasteiger partial charge in [-0.05, 0) is 36.3 Å². The Hall–Kier alpha value is -1.29. The summed E-state index contributed by atoms with van der Waals surface area (Å²) in [6, 6.07) is 7.45. The number of carbonyl (C=O) groups excluding carboxylic acids is 1. The Morgan fingerprint density at radius 2 is 1.79 bits per heavy atom. The van der Waals surface area contributed by atoms with Crippen molar-refractivity contribution in [3.05, 3.63) is 29.8 Å². The smallest absolute Gasteiger partial charge is 0.253 e. The number of hydrogen-bond donors (Lipinski definition) is 0. The molecular weight excluding hydrogens is 254 g/mol. The normalized spacial score (nSPS) is 12.2. The lowest BCUT2D eigenvalue weighted by molar-refractivity contribution is 0.0827. The molecule has 3 nitrogen and oxygen atoms in total. The first-order valence-electron chi connectivity index (χ1n) is 6.55. The number of carbonyl (C=O) groups is 1. The molecule has 0 radical (unpaired) electrons. The Morgan fingerprint density at radius 1 is 1.21 bits per heavy atom. The Labute approximate surface area is 117 Å². The van der Waals surface area contributed by atoms with Gasteiger partial charge in [0.05, 0.1) is 0 Å². The van der Waals surface area contributed by atoms with Crippen LogP contribution in [0.5, 0.6) is 5.75 Å². The quantitative estimate of drug-likeness (QED) is 0.788. The van der Waals surface area contributed by atoms with E-state index in [2.05, 4.69) is 33.9 Å². The third-order valence-corrected chi connectivity index (χ3v) is 8.02. The Bertz CT molecular complexity index is 461. The summed E-state index contributed by atoms with van der Waals surface area (Å²) >= 11 is 0. The van der Waals surface area contributed by atoms with Crippen LogP contribution in [0, 0.1) is 0 Å². The molecule has 1 aromatic rings. The van der Waals surface area contributed by atoms with Gasteiger partial charge >= 0.3 is 0 Å². The molecule has 0 aromatic heterocycles. The molecular formula is C15H25NO2Si. The molecule has 0 spiro atoms. The van der Waals surface area contributed by atoms with Crippen molar-refractivity contribution in [2.75, 3.05) is 14.1 Å². The van der Waals surface area contributed by atoms with Gasteiger partial charge in [-0.1, -0.05) is 26.8 Å². The first-order valence-corrected chi connectivity index (χ1v) is 9.46. The highest BCUT2D eigenvalue weighted by molar-refractivity contribution is 6.74. The second kappa shape index (κ2) is 5.37. The maximum Gasteiger partial charge on any atom is 0.253 e. The van der Waals surface area contributed by atoms with Gasteiger partial charge in [-0.25, -0.2) is 0 Å². The molecule has 0 heterocycles. The van der Waals surface area contributed by atoms with Gasteiger partial charge in [0.25, 0.3) is 5.91 Å². The van der Waals surface area contributed by atoms with E-state index in [1.165, 1.54) is 0 Å². The van der Waals surface area contributed by atoms with Crippen LogP contribution in [-0.2, 0) is 0 Å². The predicted molar refractivity (Wildman–Crippen MR) is 82.3 cm³/mol. The number of benzene rings is 1. The zero-order valence-electron chi connectivity index (χ0n) is 13.1. The van der Waals surface area contributed by atoms with E-state index in [0.29, 0.717) is 5.56 Å². The fraction of sp³-hybridized carbons (Fsp3) is 0.533. The van der Waals surface area contributed by atoms with Crippen LogP contribution >= 0.6 is 0 Å². The van der Waals surface area contributed by atoms with Gasteiger partial charge in [-0.2, -0.15) is 0 Å². The molecule has 1 rings (SSSR count). The van der Waals surface area contributed by atoms with Crippen molar-refractivity contribution in [1.29, 1.82) is 0 Å². The van der Waals surface area contributed by atoms with E-state index in [4.69, 9.17) is 4.43 Å². The molecule has 0 aliphatic rings. The summed E-state index contributed by atoms with van der Waals surface area (Å²) in [6.07, 6.45) is 0. The van der Waals surface area contributed by atoms with Crippen LogP contribution in [0.15, 0.2) is 24.3 Å². The largest absolute Gasteiger partial charge is 0.543 e. The van der Waals surface area contributed by atoms with E-state index in [-0.39, 0.29) is 10.9 Å². The van der Waals surface area contributed by atoms with E-state index < -0.39 is 8.32 Å². The average Bonchev–Trinajstić information content (AvgIpc) is 2.26. The van der Waals surface area contributed by atoms with Crippen molar-refractivity contribution in [3.8, 4) is 5.75 Å². The molecule has 1 aromatic carbocycles. The van der Waals surface area contributed by atoms with E-state index in [1.807, 2.05) is 24.3 Å². The lowest BCUT2D eigenvalue weighted by Gasteiger charge is -2.36. The highest BCUT2D eigenvalue weighted by Crippen LogP contribution is 2.37. The molecule has 1 amide bonds. The molecule has 4 heteroatoms. The first kappa shape index (κ1) is 15.8. The van der Waals surface area contributed by atoms with Crippen molar-refractivity contribution >= 4 is 14.2 Å². The molecule has 0 unspecified atom stereocenters. The summed E-state index contributed by atoms with van der Waals surface area (Å²) in [4.78, 5) is 13.5. The van der Waals surface area contributed by atoms with Crippen LogP contribution in [0.4, 0.5) is 0 Å². The van der Waals surface area contributed by atoms with Crippen LogP contribution in [0.2, 0.25) is 18.1 Å². The molecule has 19 heavy (non-hydrogen) atoms. The van der Waals surface area contributed by atoms with Crippen molar-refractivity contribution in [2.45, 2.75) is 38.9 Å². The minimum absolute atomic E-state index is 0.000631. The summed E-state index contributed by atoms with van der Waals surface area (Å²) in [7, 11) is 1.65. The third kappa shape index (κ3) is 3.83. The summed E-state index contributed by atoms with van der Waals surface area (Å²) in [5.41, 5.74) is 0.668. The van der Waals surface area contributed by atoms with Crippen molar-refractivity contribution < 1.29 is 9.22 Å². The molecule has 106 valence electrons. The van der Waals surface area contributed by atoms with E-state index in [1.54, 1.807) is 19.0 Å². The van der Waals surface area contributed by atoms with Gasteiger partial charge in [-0.3, -0.25) is 4.79 Å². The fourth-order valence-corrected chi connectivity index (χ4v) is 2.42. The molecule has 0 aliphatic carbocycles. The second-order valence-electron chi connectivity index (χ2n) is 6.59. The van der Waals surface area contributed by atoms with E-state index >= 15 is 0 Å². The van der Waals surface area contributed by atoms with Crippen LogP contribution in [0.1, 0.15) is 31.1 Å². The van der Waals surface area contributed by atoms with Gasteiger partial charge in [0.15, 0.2) is 0 Å². The minimum Gasteiger partial charge on any atom is -0.543 e. The molecule has 0 saturated heterocycles. The van der Waals surface area contributed by atoms with Gasteiger partial charge in [0.2, 0.25) is 8.32 Å². The summed E-state index contributed by atoms with van der Waals surface area (Å²) < 4.78 is 6.20. The molecule has 0 bridgehead atoms. The highest BCUT2D eigenvalue weighted by Gasteiger charge is 2.39. The van der Waals surface area contributed by atoms with Crippen LogP contribution < -0.4 is 4.43 Å². The number of nitrogens with zero attached hydrogens (tertiary/aromatic N) is 1. The summed E-state index contributed by atoms with van der Waals surface area (Å²) in [6.45, 7) is 11.0. The van der Waals surface area contributed by atoms with E-state index in [0.717, 1.165) is 5.75 Å². The summed E-state index contributed by atoms with van der Waals surface area (Å²) in [5, 5.41) is 0.147. The lowest BCUT2D eigenvalue weighted by atomic mass is 10.2. The van der Waals surface area contributed by atoms with Crippen molar-refractivity contribution in [3.63, 3.8) is 0 Å². The van der Waals surface area contributed by atoms with Crippen molar-refractivity contribution in [2.24, 2.45) is 0 Å². The number of hydrogen-bond acceptors (Lipinski definition) is 2. The number of rotatable bonds is 3. The molecule has 0 aliphatic heterocycles. The Kier molecular flexibility index (Phi) is 4.45. The zero-order valence-corrected chi connectivity index (χ0v) is 14.1. The number of amides is 1. The minimum atomic E-state index is -1.86. The van der Waals surface area contributed by atoms with Crippen molar-refractivity contribution in [1.82, 2.24) is 4.90 Å². The Balaban J connectivity index is 2.99. The maximum atomic E-state index is 11.9. The second-order valence-corrected chi connectivity index (χ2v) is 11.3. The SMILES string of the molecule is CN(C)C(=O)c1cccc(O[Si](C)(C)C(C)(C)C)c1. The van der Waals surface area contributed by atoms with Crippen LogP contribution in [-0.4, -0.2) is 33.2 Å². The third-order valence-electron chi connectivity index (χ3n) is 3.67. The van der Waals surface area contributed by atoms with Crippen LogP contribution in [0.25, 0.3) is 0 Å². The molecule has 0 N–H and O–H groups in total. The maximum absolute atomic E-state index is 11.9. The molecule has 0 fully saturated rings. The van der Waals surface area contributed by atoms with Gasteiger partial charge in [0.1, 0.15) is 5.75 Å². The predicted octanol–water partition coefficient (Wildman–Crippen LogP) is 3.77. The van der Waals surface area contributed by atoms with Gasteiger partial charge in [0, 0.05) is 19.7 Å². The summed E-state index contributed by atoms with van der Waals surface area (Å²) in [5.74, 6) is 0.792. The average molecular weight is 279 g/mol. The van der Waals surface area contributed by atoms with Crippen LogP contribution in [0.3, 0.4) is 0 Å². The Morgan fingerprint density at radius 3 is 2.26 bits per heavy atom. The van der Waals surface area contributed by atoms with Gasteiger partial charge in [-0.15, -0.1) is 0 Å². The van der Waals surface area contributed by atoms with Gasteiger partial charge < -0.3 is 9.33 Å². The monoisotopic (exact) mass is 279 g/mol. The fourth-order valence-electron chi connectivity index (χ4n) is 1.40. The molecule has 0 atom stereocenters. The lowest BCUT2D eigenvalue weighted by Crippen LogP contribution is -2.43. The standard InChI is InChI=1S/C15H25NO2Si/c1-15(2,3)19(6,7)18-13-10-8-9-12(11-13)14(17)16(4)5/h8-11H,1-7H3. The first-order chi connectivity index (χ1) is 8.54.